The number of amides is 1. The Morgan fingerprint density at radius 2 is 1.85 bits per heavy atom. The molecule has 1 rings (SSSR count). The average Bonchev–Trinajstić information content (AvgIpc) is 2.57. The molecule has 6 nitrogen and oxygen atoms in total. The zero-order valence-corrected chi connectivity index (χ0v) is 14.9. The standard InChI is InChI=1S/C18H23F3N2O4/c1-12(2)22-10-4-3-5-15(16(24)25)23-17(26)27-11-13-6-8-14(9-7-13)18(19,20)21/h6-9,15,22H,1,3-5,10-11H2,2H3,(H,23,26)(H,24,25)/t15-/m0/s1. The SMILES string of the molecule is C=C(C)NCCCC[C@H](NC(=O)OCc1ccc(C(F)(F)F)cc1)C(=O)O. The second-order valence-electron chi connectivity index (χ2n) is 6.01. The predicted octanol–water partition coefficient (Wildman–Crippen LogP) is 3.68. The third kappa shape index (κ3) is 8.98. The van der Waals surface area contributed by atoms with Gasteiger partial charge >= 0.3 is 18.2 Å². The van der Waals surface area contributed by atoms with E-state index in [1.807, 2.05) is 6.92 Å². The first-order valence-electron chi connectivity index (χ1n) is 8.31. The van der Waals surface area contributed by atoms with Gasteiger partial charge in [0.05, 0.1) is 5.56 Å². The van der Waals surface area contributed by atoms with E-state index < -0.39 is 29.8 Å². The Labute approximate surface area is 155 Å². The molecule has 0 saturated heterocycles. The van der Waals surface area contributed by atoms with Crippen LogP contribution in [0, 0.1) is 0 Å². The number of hydrogen-bond donors (Lipinski definition) is 3. The molecule has 9 heteroatoms. The maximum atomic E-state index is 12.5. The third-order valence-corrected chi connectivity index (χ3v) is 3.59. The van der Waals surface area contributed by atoms with Crippen molar-refractivity contribution in [1.29, 1.82) is 0 Å². The molecule has 0 aromatic heterocycles. The molecule has 0 aliphatic heterocycles. The number of carboxylic acids is 1. The van der Waals surface area contributed by atoms with Crippen molar-refractivity contribution >= 4 is 12.1 Å². The van der Waals surface area contributed by atoms with E-state index in [0.717, 1.165) is 17.8 Å². The Hall–Kier alpha value is -2.71. The molecule has 1 amide bonds. The normalized spacial score (nSPS) is 12.1. The highest BCUT2D eigenvalue weighted by molar-refractivity contribution is 5.79. The Morgan fingerprint density at radius 1 is 1.22 bits per heavy atom. The smallest absolute Gasteiger partial charge is 0.416 e. The first kappa shape index (κ1) is 22.3. The van der Waals surface area contributed by atoms with E-state index in [-0.39, 0.29) is 13.0 Å². The number of halogens is 3. The molecule has 1 atom stereocenters. The number of allylic oxidation sites excluding steroid dienone is 1. The van der Waals surface area contributed by atoms with Gasteiger partial charge in [-0.1, -0.05) is 18.7 Å². The Kier molecular flexibility index (Phi) is 8.64. The number of nitrogens with one attached hydrogen (secondary N) is 2. The minimum Gasteiger partial charge on any atom is -0.480 e. The van der Waals surface area contributed by atoms with Crippen LogP contribution in [-0.2, 0) is 22.3 Å². The first-order chi connectivity index (χ1) is 12.6. The fraction of sp³-hybridized carbons (Fsp3) is 0.444. The third-order valence-electron chi connectivity index (χ3n) is 3.59. The number of hydrogen-bond acceptors (Lipinski definition) is 4. The van der Waals surface area contributed by atoms with Crippen LogP contribution >= 0.6 is 0 Å². The Bertz CT molecular complexity index is 645. The molecule has 150 valence electrons. The minimum atomic E-state index is -4.44. The predicted molar refractivity (Wildman–Crippen MR) is 92.9 cm³/mol. The van der Waals surface area contributed by atoms with Gasteiger partial charge in [-0.05, 0) is 43.9 Å². The Morgan fingerprint density at radius 3 is 2.37 bits per heavy atom. The van der Waals surface area contributed by atoms with Crippen molar-refractivity contribution in [2.45, 2.75) is 45.0 Å². The lowest BCUT2D eigenvalue weighted by molar-refractivity contribution is -0.139. The zero-order chi connectivity index (χ0) is 20.4. The lowest BCUT2D eigenvalue weighted by atomic mass is 10.1. The van der Waals surface area contributed by atoms with Gasteiger partial charge in [-0.15, -0.1) is 0 Å². The van der Waals surface area contributed by atoms with E-state index in [9.17, 15) is 22.8 Å². The van der Waals surface area contributed by atoms with Gasteiger partial charge in [0.15, 0.2) is 0 Å². The van der Waals surface area contributed by atoms with Gasteiger partial charge < -0.3 is 20.5 Å². The summed E-state index contributed by atoms with van der Waals surface area (Å²) in [6, 6.07) is 3.05. The summed E-state index contributed by atoms with van der Waals surface area (Å²) in [5.74, 6) is -1.19. The maximum absolute atomic E-state index is 12.5. The van der Waals surface area contributed by atoms with Crippen molar-refractivity contribution in [3.63, 3.8) is 0 Å². The lowest BCUT2D eigenvalue weighted by Crippen LogP contribution is -2.41. The number of alkyl carbamates (subject to hydrolysis) is 1. The molecule has 0 unspecified atom stereocenters. The number of rotatable bonds is 10. The summed E-state index contributed by atoms with van der Waals surface area (Å²) < 4.78 is 42.3. The summed E-state index contributed by atoms with van der Waals surface area (Å²) in [5, 5.41) is 14.4. The second-order valence-corrected chi connectivity index (χ2v) is 6.01. The van der Waals surface area contributed by atoms with Crippen LogP contribution in [0.25, 0.3) is 0 Å². The fourth-order valence-electron chi connectivity index (χ4n) is 2.16. The van der Waals surface area contributed by atoms with Gasteiger partial charge in [0.1, 0.15) is 12.6 Å². The van der Waals surface area contributed by atoms with Crippen LogP contribution in [0.2, 0.25) is 0 Å². The van der Waals surface area contributed by atoms with Crippen LogP contribution in [0.4, 0.5) is 18.0 Å². The van der Waals surface area contributed by atoms with Crippen molar-refractivity contribution in [2.75, 3.05) is 6.54 Å². The highest BCUT2D eigenvalue weighted by Gasteiger charge is 2.30. The molecule has 3 N–H and O–H groups in total. The molecular weight excluding hydrogens is 365 g/mol. The molecule has 0 saturated carbocycles. The molecule has 27 heavy (non-hydrogen) atoms. The van der Waals surface area contributed by atoms with Crippen molar-refractivity contribution in [1.82, 2.24) is 10.6 Å². The number of unbranched alkanes of at least 4 members (excludes halogenated alkanes) is 1. The van der Waals surface area contributed by atoms with E-state index in [4.69, 9.17) is 9.84 Å². The van der Waals surface area contributed by atoms with Crippen LogP contribution in [0.5, 0.6) is 0 Å². The number of benzene rings is 1. The number of carboxylic acid groups (broad SMARTS) is 1. The van der Waals surface area contributed by atoms with E-state index in [2.05, 4.69) is 17.2 Å². The van der Waals surface area contributed by atoms with Gasteiger partial charge in [-0.3, -0.25) is 0 Å². The van der Waals surface area contributed by atoms with E-state index in [0.29, 0.717) is 24.9 Å². The summed E-state index contributed by atoms with van der Waals surface area (Å²) in [6.07, 6.45) is -3.88. The molecule has 0 spiro atoms. The quantitative estimate of drug-likeness (QED) is 0.532. The minimum absolute atomic E-state index is 0.225. The first-order valence-corrected chi connectivity index (χ1v) is 8.31. The topological polar surface area (TPSA) is 87.7 Å². The molecule has 0 radical (unpaired) electrons. The van der Waals surface area contributed by atoms with E-state index >= 15 is 0 Å². The van der Waals surface area contributed by atoms with Gasteiger partial charge in [0.2, 0.25) is 0 Å². The number of alkyl halides is 3. The lowest BCUT2D eigenvalue weighted by Gasteiger charge is -2.15. The fourth-order valence-corrected chi connectivity index (χ4v) is 2.16. The maximum Gasteiger partial charge on any atom is 0.416 e. The van der Waals surface area contributed by atoms with Crippen molar-refractivity contribution < 1.29 is 32.6 Å². The van der Waals surface area contributed by atoms with Crippen molar-refractivity contribution in [3.8, 4) is 0 Å². The van der Waals surface area contributed by atoms with Crippen LogP contribution in [0.1, 0.15) is 37.3 Å². The van der Waals surface area contributed by atoms with Crippen LogP contribution in [0.3, 0.4) is 0 Å². The molecule has 0 fully saturated rings. The average molecular weight is 388 g/mol. The molecule has 0 heterocycles. The number of carbonyl (C=O) groups is 2. The molecule has 0 aliphatic rings. The molecule has 0 bridgehead atoms. The van der Waals surface area contributed by atoms with Gasteiger partial charge in [0.25, 0.3) is 0 Å². The Balaban J connectivity index is 2.41. The van der Waals surface area contributed by atoms with E-state index in [1.165, 1.54) is 12.1 Å². The number of aliphatic carboxylic acids is 1. The second kappa shape index (κ2) is 10.4. The number of carbonyl (C=O) groups excluding carboxylic acids is 1. The van der Waals surface area contributed by atoms with Gasteiger partial charge in [-0.2, -0.15) is 13.2 Å². The zero-order valence-electron chi connectivity index (χ0n) is 14.9. The molecule has 0 aliphatic carbocycles. The summed E-state index contributed by atoms with van der Waals surface area (Å²) in [6.45, 7) is 5.88. The summed E-state index contributed by atoms with van der Waals surface area (Å²) in [7, 11) is 0. The molecular formula is C18H23F3N2O4. The summed E-state index contributed by atoms with van der Waals surface area (Å²) in [4.78, 5) is 22.9. The highest BCUT2D eigenvalue weighted by Crippen LogP contribution is 2.29. The molecule has 1 aromatic rings. The summed E-state index contributed by atoms with van der Waals surface area (Å²) in [5.41, 5.74) is 0.369. The largest absolute Gasteiger partial charge is 0.480 e. The van der Waals surface area contributed by atoms with Crippen molar-refractivity contribution in [3.05, 3.63) is 47.7 Å². The van der Waals surface area contributed by atoms with Crippen LogP contribution in [-0.4, -0.2) is 29.8 Å². The molecule has 1 aromatic carbocycles. The highest BCUT2D eigenvalue weighted by atomic mass is 19.4. The number of ether oxygens (including phenoxy) is 1. The van der Waals surface area contributed by atoms with E-state index in [1.54, 1.807) is 0 Å². The van der Waals surface area contributed by atoms with Gasteiger partial charge in [-0.25, -0.2) is 9.59 Å². The summed E-state index contributed by atoms with van der Waals surface area (Å²) >= 11 is 0. The monoisotopic (exact) mass is 388 g/mol. The van der Waals surface area contributed by atoms with Crippen LogP contribution < -0.4 is 10.6 Å². The van der Waals surface area contributed by atoms with Crippen LogP contribution in [0.15, 0.2) is 36.5 Å². The van der Waals surface area contributed by atoms with Crippen molar-refractivity contribution in [2.24, 2.45) is 0 Å². The van der Waals surface area contributed by atoms with Gasteiger partial charge in [0, 0.05) is 12.2 Å².